The molecule has 0 radical (unpaired) electrons. The topological polar surface area (TPSA) is 41.1 Å². The van der Waals surface area contributed by atoms with Gasteiger partial charge in [-0.05, 0) is 35.9 Å². The Hall–Kier alpha value is -2.40. The van der Waals surface area contributed by atoms with Gasteiger partial charge in [-0.2, -0.15) is 0 Å². The Bertz CT molecular complexity index is 652. The fourth-order valence-electron chi connectivity index (χ4n) is 1.55. The Morgan fingerprint density at radius 2 is 1.67 bits per heavy atom. The molecule has 6 heteroatoms. The van der Waals surface area contributed by atoms with Gasteiger partial charge in [-0.1, -0.05) is 29.8 Å². The van der Waals surface area contributed by atoms with E-state index in [1.165, 1.54) is 12.3 Å². The first-order valence-electron chi connectivity index (χ1n) is 6.00. The highest BCUT2D eigenvalue weighted by Gasteiger charge is 2.10. The zero-order chi connectivity index (χ0) is 15.2. The van der Waals surface area contributed by atoms with Gasteiger partial charge in [-0.3, -0.25) is 0 Å². The van der Waals surface area contributed by atoms with Gasteiger partial charge >= 0.3 is 6.03 Å². The van der Waals surface area contributed by atoms with E-state index in [-0.39, 0.29) is 0 Å². The van der Waals surface area contributed by atoms with Crippen LogP contribution in [0.2, 0.25) is 5.02 Å². The molecule has 0 unspecified atom stereocenters. The largest absolute Gasteiger partial charge is 0.323 e. The average Bonchev–Trinajstić information content (AvgIpc) is 2.45. The summed E-state index contributed by atoms with van der Waals surface area (Å²) in [6.45, 7) is 0. The maximum absolute atomic E-state index is 13.3. The summed E-state index contributed by atoms with van der Waals surface area (Å²) in [5, 5.41) is 5.06. The van der Waals surface area contributed by atoms with Gasteiger partial charge in [-0.15, -0.1) is 0 Å². The number of carbonyl (C=O) groups is 1. The van der Waals surface area contributed by atoms with E-state index in [1.807, 2.05) is 0 Å². The van der Waals surface area contributed by atoms with Crippen molar-refractivity contribution in [2.45, 2.75) is 0 Å². The van der Waals surface area contributed by atoms with Crippen molar-refractivity contribution in [2.75, 3.05) is 5.32 Å². The Kier molecular flexibility index (Phi) is 4.90. The number of carbonyl (C=O) groups excluding carboxylic acids is 1. The highest BCUT2D eigenvalue weighted by molar-refractivity contribution is 6.30. The summed E-state index contributed by atoms with van der Waals surface area (Å²) in [7, 11) is 0. The third-order valence-electron chi connectivity index (χ3n) is 2.56. The number of halogens is 3. The Balaban J connectivity index is 1.95. The summed E-state index contributed by atoms with van der Waals surface area (Å²) in [5.41, 5.74) is 0.326. The van der Waals surface area contributed by atoms with Crippen molar-refractivity contribution in [2.24, 2.45) is 0 Å². The average molecular weight is 309 g/mol. The summed E-state index contributed by atoms with van der Waals surface area (Å²) in [4.78, 5) is 11.5. The maximum atomic E-state index is 13.3. The maximum Gasteiger partial charge on any atom is 0.323 e. The Morgan fingerprint density at radius 3 is 2.29 bits per heavy atom. The molecule has 3 nitrogen and oxygen atoms in total. The second-order valence-electron chi connectivity index (χ2n) is 4.08. The van der Waals surface area contributed by atoms with Gasteiger partial charge in [0, 0.05) is 11.2 Å². The van der Waals surface area contributed by atoms with Crippen molar-refractivity contribution >= 4 is 29.4 Å². The highest BCUT2D eigenvalue weighted by atomic mass is 35.5. The van der Waals surface area contributed by atoms with Crippen LogP contribution in [-0.2, 0) is 0 Å². The number of para-hydroxylation sites is 1. The van der Waals surface area contributed by atoms with E-state index in [0.717, 1.165) is 17.7 Å². The van der Waals surface area contributed by atoms with Gasteiger partial charge in [0.15, 0.2) is 0 Å². The van der Waals surface area contributed by atoms with Gasteiger partial charge < -0.3 is 10.6 Å². The molecule has 2 amide bonds. The summed E-state index contributed by atoms with van der Waals surface area (Å²) in [6.07, 6.45) is 2.98. The summed E-state index contributed by atoms with van der Waals surface area (Å²) in [5.74, 6) is -1.68. The molecule has 0 aliphatic rings. The quantitative estimate of drug-likeness (QED) is 0.866. The minimum atomic E-state index is -0.841. The van der Waals surface area contributed by atoms with Crippen molar-refractivity contribution < 1.29 is 13.6 Å². The predicted molar refractivity (Wildman–Crippen MR) is 79.0 cm³/mol. The van der Waals surface area contributed by atoms with Gasteiger partial charge in [0.1, 0.15) is 17.3 Å². The van der Waals surface area contributed by atoms with E-state index in [4.69, 9.17) is 11.6 Å². The first kappa shape index (κ1) is 15.0. The summed E-state index contributed by atoms with van der Waals surface area (Å²) < 4.78 is 26.6. The Labute approximate surface area is 125 Å². The molecule has 2 N–H and O–H groups in total. The molecule has 0 aliphatic carbocycles. The molecule has 21 heavy (non-hydrogen) atoms. The van der Waals surface area contributed by atoms with E-state index in [9.17, 15) is 13.6 Å². The number of hydrogen-bond acceptors (Lipinski definition) is 1. The van der Waals surface area contributed by atoms with Crippen molar-refractivity contribution in [1.29, 1.82) is 0 Å². The second-order valence-corrected chi connectivity index (χ2v) is 4.52. The number of urea groups is 1. The van der Waals surface area contributed by atoms with E-state index >= 15 is 0 Å². The van der Waals surface area contributed by atoms with Crippen LogP contribution in [0.1, 0.15) is 5.56 Å². The van der Waals surface area contributed by atoms with E-state index in [1.54, 1.807) is 30.3 Å². The van der Waals surface area contributed by atoms with Gasteiger partial charge in [-0.25, -0.2) is 13.6 Å². The number of nitrogens with one attached hydrogen (secondary N) is 2. The summed E-state index contributed by atoms with van der Waals surface area (Å²) in [6, 6.07) is 9.51. The molecule has 2 rings (SSSR count). The third-order valence-corrected chi connectivity index (χ3v) is 2.81. The van der Waals surface area contributed by atoms with Crippen molar-refractivity contribution in [3.8, 4) is 0 Å². The van der Waals surface area contributed by atoms with Gasteiger partial charge in [0.05, 0.1) is 0 Å². The van der Waals surface area contributed by atoms with Crippen LogP contribution in [0.4, 0.5) is 19.3 Å². The fourth-order valence-corrected chi connectivity index (χ4v) is 1.68. The Morgan fingerprint density at radius 1 is 1.05 bits per heavy atom. The molecule has 0 spiro atoms. The molecule has 0 saturated heterocycles. The molecular formula is C15H11ClF2N2O. The number of benzene rings is 2. The van der Waals surface area contributed by atoms with Crippen molar-refractivity contribution in [1.82, 2.24) is 5.32 Å². The lowest BCUT2D eigenvalue weighted by Gasteiger charge is -2.06. The molecule has 0 bridgehead atoms. The van der Waals surface area contributed by atoms with E-state index in [0.29, 0.717) is 5.02 Å². The van der Waals surface area contributed by atoms with Crippen LogP contribution < -0.4 is 10.6 Å². The van der Waals surface area contributed by atoms with E-state index < -0.39 is 23.4 Å². The molecule has 108 valence electrons. The molecule has 0 atom stereocenters. The molecular weight excluding hydrogens is 298 g/mol. The van der Waals surface area contributed by atoms with Crippen molar-refractivity contribution in [3.63, 3.8) is 0 Å². The first-order valence-corrected chi connectivity index (χ1v) is 6.38. The molecule has 2 aromatic rings. The SMILES string of the molecule is O=C(N/C=C/c1ccc(Cl)cc1)Nc1c(F)cccc1F. The zero-order valence-corrected chi connectivity index (χ0v) is 11.5. The molecule has 0 aromatic heterocycles. The molecule has 2 aromatic carbocycles. The number of rotatable bonds is 3. The van der Waals surface area contributed by atoms with Crippen molar-refractivity contribution in [3.05, 3.63) is 70.9 Å². The standard InChI is InChI=1S/C15H11ClF2N2O/c16-11-6-4-10(5-7-11)8-9-19-15(21)20-14-12(17)2-1-3-13(14)18/h1-9H,(H2,19,20,21)/b9-8+. The minimum Gasteiger partial charge on any atom is -0.314 e. The third kappa shape index (κ3) is 4.29. The highest BCUT2D eigenvalue weighted by Crippen LogP contribution is 2.17. The smallest absolute Gasteiger partial charge is 0.314 e. The van der Waals surface area contributed by atoms with Crippen LogP contribution >= 0.6 is 11.6 Å². The lowest BCUT2D eigenvalue weighted by Crippen LogP contribution is -2.24. The van der Waals surface area contributed by atoms with Crippen LogP contribution in [0.5, 0.6) is 0 Å². The van der Waals surface area contributed by atoms with Crippen LogP contribution in [0, 0.1) is 11.6 Å². The second kappa shape index (κ2) is 6.85. The summed E-state index contributed by atoms with van der Waals surface area (Å²) >= 11 is 5.74. The zero-order valence-electron chi connectivity index (χ0n) is 10.7. The number of hydrogen-bond donors (Lipinski definition) is 2. The first-order chi connectivity index (χ1) is 10.1. The van der Waals surface area contributed by atoms with Crippen LogP contribution in [0.3, 0.4) is 0 Å². The lowest BCUT2D eigenvalue weighted by atomic mass is 10.2. The fraction of sp³-hybridized carbons (Fsp3) is 0. The molecule has 0 saturated carbocycles. The normalized spacial score (nSPS) is 10.6. The molecule has 0 fully saturated rings. The van der Waals surface area contributed by atoms with Crippen LogP contribution in [0.25, 0.3) is 6.08 Å². The van der Waals surface area contributed by atoms with Crippen LogP contribution in [0.15, 0.2) is 48.7 Å². The van der Waals surface area contributed by atoms with Gasteiger partial charge in [0.2, 0.25) is 0 Å². The monoisotopic (exact) mass is 308 g/mol. The van der Waals surface area contributed by atoms with Crippen LogP contribution in [-0.4, -0.2) is 6.03 Å². The van der Waals surface area contributed by atoms with E-state index in [2.05, 4.69) is 10.6 Å². The minimum absolute atomic E-state index is 0.491. The number of anilines is 1. The van der Waals surface area contributed by atoms with Gasteiger partial charge in [0.25, 0.3) is 0 Å². The molecule has 0 heterocycles. The molecule has 0 aliphatic heterocycles. The lowest BCUT2D eigenvalue weighted by molar-refractivity contribution is 0.255. The number of amides is 2. The predicted octanol–water partition coefficient (Wildman–Crippen LogP) is 4.41.